The molecule has 1 aliphatic rings. The predicted molar refractivity (Wildman–Crippen MR) is 129 cm³/mol. The molecule has 1 aromatic heterocycles. The first kappa shape index (κ1) is 22.5. The topological polar surface area (TPSA) is 93.8 Å². The molecule has 2 heterocycles. The van der Waals surface area contributed by atoms with Crippen molar-refractivity contribution in [2.75, 3.05) is 46.1 Å². The van der Waals surface area contributed by atoms with Crippen LogP contribution in [0, 0.1) is 0 Å². The third-order valence-corrected chi connectivity index (χ3v) is 5.87. The molecule has 1 amide bonds. The maximum atomic E-state index is 13.2. The van der Waals surface area contributed by atoms with Gasteiger partial charge in [-0.2, -0.15) is 0 Å². The van der Waals surface area contributed by atoms with Crippen LogP contribution in [0.15, 0.2) is 49.1 Å². The smallest absolute Gasteiger partial charge is 0.254 e. The Morgan fingerprint density at radius 3 is 2.58 bits per heavy atom. The minimum absolute atomic E-state index is 0.0212. The van der Waals surface area contributed by atoms with Crippen LogP contribution in [0.4, 0.5) is 5.82 Å². The van der Waals surface area contributed by atoms with Gasteiger partial charge in [0.2, 0.25) is 0 Å². The highest BCUT2D eigenvalue weighted by Gasteiger charge is 2.25. The lowest BCUT2D eigenvalue weighted by molar-refractivity contribution is 0.0625. The second kappa shape index (κ2) is 9.87. The second-order valence-electron chi connectivity index (χ2n) is 7.97. The van der Waals surface area contributed by atoms with Gasteiger partial charge in [-0.1, -0.05) is 18.2 Å². The van der Waals surface area contributed by atoms with Crippen molar-refractivity contribution in [1.29, 1.82) is 0 Å². The number of nitrogens with two attached hydrogens (primary N) is 1. The molecule has 0 aliphatic carbocycles. The minimum atomic E-state index is -0.0212. The predicted octanol–water partition coefficient (Wildman–Crippen LogP) is 2.92. The summed E-state index contributed by atoms with van der Waals surface area (Å²) in [5.41, 5.74) is 8.43. The van der Waals surface area contributed by atoms with E-state index in [4.69, 9.17) is 15.2 Å². The second-order valence-corrected chi connectivity index (χ2v) is 7.97. The molecule has 0 unspecified atom stereocenters. The molecule has 33 heavy (non-hydrogen) atoms. The Labute approximate surface area is 193 Å². The molecule has 1 saturated heterocycles. The van der Waals surface area contributed by atoms with Gasteiger partial charge in [0.1, 0.15) is 11.6 Å². The van der Waals surface area contributed by atoms with Gasteiger partial charge < -0.3 is 20.1 Å². The fraction of sp³-hybridized carbons (Fsp3) is 0.320. The van der Waals surface area contributed by atoms with Crippen LogP contribution in [-0.2, 0) is 13.0 Å². The van der Waals surface area contributed by atoms with Gasteiger partial charge in [-0.3, -0.25) is 9.69 Å². The molecule has 1 aliphatic heterocycles. The Morgan fingerprint density at radius 2 is 1.88 bits per heavy atom. The van der Waals surface area contributed by atoms with Crippen LogP contribution in [0.1, 0.15) is 21.7 Å². The zero-order valence-electron chi connectivity index (χ0n) is 19.1. The third-order valence-electron chi connectivity index (χ3n) is 5.87. The molecular weight excluding hydrogens is 418 g/mol. The van der Waals surface area contributed by atoms with E-state index in [0.717, 1.165) is 29.6 Å². The lowest BCUT2D eigenvalue weighted by Crippen LogP contribution is -2.48. The molecule has 4 rings (SSSR count). The largest absolute Gasteiger partial charge is 0.493 e. The van der Waals surface area contributed by atoms with Crippen molar-refractivity contribution in [2.45, 2.75) is 13.0 Å². The lowest BCUT2D eigenvalue weighted by atomic mass is 10.0. The number of allylic oxidation sites excluding steroid dienone is 1. The van der Waals surface area contributed by atoms with Gasteiger partial charge in [-0.25, -0.2) is 9.97 Å². The molecule has 3 aromatic rings. The first-order valence-corrected chi connectivity index (χ1v) is 10.9. The average Bonchev–Trinajstić information content (AvgIpc) is 2.84. The van der Waals surface area contributed by atoms with Gasteiger partial charge in [0.25, 0.3) is 5.91 Å². The maximum absolute atomic E-state index is 13.2. The number of benzene rings is 2. The number of aromatic nitrogens is 2. The number of hydrogen-bond acceptors (Lipinski definition) is 7. The molecule has 0 saturated carbocycles. The van der Waals surface area contributed by atoms with Crippen molar-refractivity contribution < 1.29 is 14.3 Å². The molecule has 0 atom stereocenters. The monoisotopic (exact) mass is 447 g/mol. The van der Waals surface area contributed by atoms with Crippen LogP contribution in [0.3, 0.4) is 0 Å². The number of ether oxygens (including phenoxy) is 2. The fourth-order valence-corrected chi connectivity index (χ4v) is 4.19. The molecule has 0 spiro atoms. The van der Waals surface area contributed by atoms with E-state index >= 15 is 0 Å². The van der Waals surface area contributed by atoms with E-state index < -0.39 is 0 Å². The maximum Gasteiger partial charge on any atom is 0.254 e. The van der Waals surface area contributed by atoms with E-state index in [0.29, 0.717) is 54.8 Å². The highest BCUT2D eigenvalue weighted by atomic mass is 16.5. The zero-order valence-corrected chi connectivity index (χ0v) is 19.1. The van der Waals surface area contributed by atoms with Gasteiger partial charge in [-0.15, -0.1) is 6.58 Å². The molecule has 2 aromatic carbocycles. The number of carbonyl (C=O) groups excluding carboxylic acids is 1. The van der Waals surface area contributed by atoms with Crippen LogP contribution in [0.2, 0.25) is 0 Å². The molecular formula is C25H29N5O3. The van der Waals surface area contributed by atoms with Gasteiger partial charge in [-0.05, 0) is 30.7 Å². The number of para-hydroxylation sites is 1. The summed E-state index contributed by atoms with van der Waals surface area (Å²) in [4.78, 5) is 26.4. The van der Waals surface area contributed by atoms with Crippen LogP contribution in [0.5, 0.6) is 11.5 Å². The van der Waals surface area contributed by atoms with E-state index in [1.165, 1.54) is 0 Å². The van der Waals surface area contributed by atoms with Crippen molar-refractivity contribution >= 4 is 22.6 Å². The summed E-state index contributed by atoms with van der Waals surface area (Å²) >= 11 is 0. The molecule has 172 valence electrons. The highest BCUT2D eigenvalue weighted by Crippen LogP contribution is 2.33. The Hall–Kier alpha value is -3.65. The number of anilines is 1. The van der Waals surface area contributed by atoms with Crippen molar-refractivity contribution in [2.24, 2.45) is 0 Å². The van der Waals surface area contributed by atoms with Gasteiger partial charge in [0.05, 0.1) is 26.3 Å². The summed E-state index contributed by atoms with van der Waals surface area (Å²) in [5.74, 6) is 2.35. The first-order chi connectivity index (χ1) is 16.0. The van der Waals surface area contributed by atoms with Crippen molar-refractivity contribution in [3.8, 4) is 11.5 Å². The number of rotatable bonds is 7. The number of methoxy groups -OCH3 is 2. The third kappa shape index (κ3) is 4.75. The first-order valence-electron chi connectivity index (χ1n) is 10.9. The fourth-order valence-electron chi connectivity index (χ4n) is 4.19. The summed E-state index contributed by atoms with van der Waals surface area (Å²) in [6.07, 6.45) is 2.37. The summed E-state index contributed by atoms with van der Waals surface area (Å²) in [5, 5.41) is 0.863. The van der Waals surface area contributed by atoms with Crippen LogP contribution >= 0.6 is 0 Å². The average molecular weight is 448 g/mol. The molecule has 1 fully saturated rings. The van der Waals surface area contributed by atoms with E-state index in [1.54, 1.807) is 26.4 Å². The normalized spacial score (nSPS) is 14.3. The summed E-state index contributed by atoms with van der Waals surface area (Å²) < 4.78 is 10.9. The van der Waals surface area contributed by atoms with Crippen molar-refractivity contribution in [1.82, 2.24) is 19.8 Å². The van der Waals surface area contributed by atoms with Gasteiger partial charge >= 0.3 is 0 Å². The molecule has 0 radical (unpaired) electrons. The van der Waals surface area contributed by atoms with Crippen molar-refractivity contribution in [3.63, 3.8) is 0 Å². The molecule has 8 heteroatoms. The van der Waals surface area contributed by atoms with Gasteiger partial charge in [0.15, 0.2) is 11.5 Å². The molecule has 0 bridgehead atoms. The standard InChI is InChI=1S/C25H29N5O3/c1-4-7-17-14-18(15-21(32-2)23(17)33-3)25(31)30-12-10-29(11-13-30)16-22-27-20-9-6-5-8-19(20)24(26)28-22/h4-6,8-9,14-15H,1,7,10-13,16H2,2-3H3,(H2,26,27,28). The number of amides is 1. The summed E-state index contributed by atoms with van der Waals surface area (Å²) in [7, 11) is 3.17. The quantitative estimate of drug-likeness (QED) is 0.557. The molecule has 2 N–H and O–H groups in total. The number of piperazine rings is 1. The van der Waals surface area contributed by atoms with Crippen LogP contribution in [0.25, 0.3) is 10.9 Å². The number of fused-ring (bicyclic) bond motifs is 1. The van der Waals surface area contributed by atoms with Gasteiger partial charge in [0, 0.05) is 42.7 Å². The summed E-state index contributed by atoms with van der Waals surface area (Å²) in [6, 6.07) is 11.3. The Kier molecular flexibility index (Phi) is 6.74. The van der Waals surface area contributed by atoms with Crippen LogP contribution in [-0.4, -0.2) is 66.1 Å². The number of nitrogens with zero attached hydrogens (tertiary/aromatic N) is 4. The summed E-state index contributed by atoms with van der Waals surface area (Å²) in [6.45, 7) is 7.09. The van der Waals surface area contributed by atoms with Crippen LogP contribution < -0.4 is 15.2 Å². The van der Waals surface area contributed by atoms with E-state index in [2.05, 4.69) is 21.4 Å². The number of hydrogen-bond donors (Lipinski definition) is 1. The highest BCUT2D eigenvalue weighted by molar-refractivity contribution is 5.95. The Balaban J connectivity index is 1.44. The minimum Gasteiger partial charge on any atom is -0.493 e. The Bertz CT molecular complexity index is 1170. The van der Waals surface area contributed by atoms with E-state index in [9.17, 15) is 4.79 Å². The number of nitrogen functional groups attached to an aromatic ring is 1. The van der Waals surface area contributed by atoms with Crippen molar-refractivity contribution in [3.05, 3.63) is 66.0 Å². The lowest BCUT2D eigenvalue weighted by Gasteiger charge is -2.34. The number of carbonyl (C=O) groups is 1. The van der Waals surface area contributed by atoms with E-state index in [1.807, 2.05) is 35.2 Å². The zero-order chi connectivity index (χ0) is 23.4. The SMILES string of the molecule is C=CCc1cc(C(=O)N2CCN(Cc3nc(N)c4ccccc4n3)CC2)cc(OC)c1OC. The Morgan fingerprint density at radius 1 is 1.12 bits per heavy atom. The van der Waals surface area contributed by atoms with E-state index in [-0.39, 0.29) is 5.91 Å². The molecule has 8 nitrogen and oxygen atoms in total.